The fourth-order valence-corrected chi connectivity index (χ4v) is 2.27. The molecule has 0 aromatic heterocycles. The number of hydrogen-bond acceptors (Lipinski definition) is 7. The highest BCUT2D eigenvalue weighted by molar-refractivity contribution is 5.67. The fourth-order valence-electron chi connectivity index (χ4n) is 2.27. The summed E-state index contributed by atoms with van der Waals surface area (Å²) in [6.07, 6.45) is 4.88. The van der Waals surface area contributed by atoms with Crippen LogP contribution in [0.4, 0.5) is 15.3 Å². The van der Waals surface area contributed by atoms with Crippen LogP contribution in [0.2, 0.25) is 0 Å². The molecule has 9 heteroatoms. The number of benzene rings is 1. The maximum Gasteiger partial charge on any atom is 0.407 e. The van der Waals surface area contributed by atoms with Gasteiger partial charge in [-0.3, -0.25) is 0 Å². The molecule has 2 amide bonds. The predicted molar refractivity (Wildman–Crippen MR) is 145 cm³/mol. The van der Waals surface area contributed by atoms with E-state index in [1.807, 2.05) is 55.4 Å². The van der Waals surface area contributed by atoms with Gasteiger partial charge in [-0.15, -0.1) is 12.3 Å². The molecule has 1 aromatic carbocycles. The van der Waals surface area contributed by atoms with Crippen LogP contribution in [0, 0.1) is 12.3 Å². The minimum Gasteiger partial charge on any atom is -0.490 e. The molecule has 0 aliphatic carbocycles. The van der Waals surface area contributed by atoms with Crippen molar-refractivity contribution in [2.45, 2.75) is 86.4 Å². The van der Waals surface area contributed by atoms with Crippen LogP contribution in [-0.4, -0.2) is 49.7 Å². The molecule has 0 aliphatic heterocycles. The van der Waals surface area contributed by atoms with Crippen molar-refractivity contribution < 1.29 is 28.5 Å². The summed E-state index contributed by atoms with van der Waals surface area (Å²) in [4.78, 5) is 23.3. The average molecular weight is 510 g/mol. The van der Waals surface area contributed by atoms with E-state index >= 15 is 0 Å². The molecule has 4 N–H and O–H groups in total. The Morgan fingerprint density at radius 3 is 1.64 bits per heavy atom. The molecule has 0 aliphatic rings. The standard InChI is InChI=1S/C22H37N3O6.C3H4.C2H6/c1-21(2,3)30-19(26)24-11-7-13-28-17-10-9-16(23)15-18(17)29-14-8-12-25-20(27)31-22(4,5)6;1-3-2;1-2/h9-10,15H,7-8,11-14,23H2,1-6H3,(H,24,26)(H,25,27);1H,2H3;1-2H3. The summed E-state index contributed by atoms with van der Waals surface area (Å²) >= 11 is 0. The Labute approximate surface area is 217 Å². The van der Waals surface area contributed by atoms with Crippen molar-refractivity contribution >= 4 is 17.9 Å². The van der Waals surface area contributed by atoms with E-state index in [0.29, 0.717) is 56.3 Å². The lowest BCUT2D eigenvalue weighted by Crippen LogP contribution is -2.33. The van der Waals surface area contributed by atoms with Crippen molar-refractivity contribution in [3.05, 3.63) is 18.2 Å². The van der Waals surface area contributed by atoms with Crippen LogP contribution in [0.1, 0.15) is 75.2 Å². The first-order chi connectivity index (χ1) is 16.8. The molecule has 36 heavy (non-hydrogen) atoms. The third kappa shape index (κ3) is 21.3. The Kier molecular flexibility index (Phi) is 18.4. The van der Waals surface area contributed by atoms with Crippen LogP contribution in [0.15, 0.2) is 18.2 Å². The number of carbonyl (C=O) groups excluding carboxylic acids is 2. The van der Waals surface area contributed by atoms with Crippen molar-refractivity contribution in [1.29, 1.82) is 0 Å². The summed E-state index contributed by atoms with van der Waals surface area (Å²) in [7, 11) is 0. The largest absolute Gasteiger partial charge is 0.490 e. The zero-order valence-electron chi connectivity index (χ0n) is 23.6. The lowest BCUT2D eigenvalue weighted by molar-refractivity contribution is 0.0513. The summed E-state index contributed by atoms with van der Waals surface area (Å²) in [5.74, 6) is 3.34. The minimum absolute atomic E-state index is 0.371. The summed E-state index contributed by atoms with van der Waals surface area (Å²) in [6.45, 7) is 18.1. The Bertz CT molecular complexity index is 792. The lowest BCUT2D eigenvalue weighted by atomic mass is 10.2. The van der Waals surface area contributed by atoms with Crippen molar-refractivity contribution in [3.63, 3.8) is 0 Å². The highest BCUT2D eigenvalue weighted by atomic mass is 16.6. The molecule has 0 radical (unpaired) electrons. The van der Waals surface area contributed by atoms with E-state index in [2.05, 4.69) is 23.0 Å². The minimum atomic E-state index is -0.531. The number of nitrogens with one attached hydrogen (secondary N) is 2. The number of terminal acetylenes is 1. The number of carbonyl (C=O) groups is 2. The van der Waals surface area contributed by atoms with Crippen molar-refractivity contribution in [2.24, 2.45) is 0 Å². The molecule has 1 aromatic rings. The second kappa shape index (κ2) is 19.0. The molecule has 0 heterocycles. The van der Waals surface area contributed by atoms with Crippen LogP contribution in [0.5, 0.6) is 11.5 Å². The summed E-state index contributed by atoms with van der Waals surface area (Å²) in [5.41, 5.74) is 5.34. The number of amides is 2. The molecule has 9 nitrogen and oxygen atoms in total. The highest BCUT2D eigenvalue weighted by Gasteiger charge is 2.16. The van der Waals surface area contributed by atoms with Gasteiger partial charge in [-0.05, 0) is 73.4 Å². The molecule has 1 rings (SSSR count). The quantitative estimate of drug-likeness (QED) is 0.216. The molecule has 0 spiro atoms. The molecule has 0 unspecified atom stereocenters. The number of nitrogen functional groups attached to an aromatic ring is 1. The zero-order chi connectivity index (χ0) is 28.2. The van der Waals surface area contributed by atoms with E-state index in [9.17, 15) is 9.59 Å². The highest BCUT2D eigenvalue weighted by Crippen LogP contribution is 2.29. The van der Waals surface area contributed by atoms with Crippen LogP contribution < -0.4 is 25.8 Å². The molecule has 206 valence electrons. The normalized spacial score (nSPS) is 10.2. The van der Waals surface area contributed by atoms with Gasteiger partial charge in [0.1, 0.15) is 11.2 Å². The van der Waals surface area contributed by atoms with Gasteiger partial charge in [-0.1, -0.05) is 13.8 Å². The second-order valence-electron chi connectivity index (χ2n) is 9.26. The van der Waals surface area contributed by atoms with Gasteiger partial charge in [0.25, 0.3) is 0 Å². The van der Waals surface area contributed by atoms with E-state index in [0.717, 1.165) is 0 Å². The molecular weight excluding hydrogens is 462 g/mol. The number of rotatable bonds is 10. The van der Waals surface area contributed by atoms with Crippen molar-refractivity contribution in [2.75, 3.05) is 32.0 Å². The van der Waals surface area contributed by atoms with E-state index < -0.39 is 23.4 Å². The number of nitrogens with two attached hydrogens (primary N) is 1. The predicted octanol–water partition coefficient (Wildman–Crippen LogP) is 5.52. The molecule has 0 bridgehead atoms. The molecule has 0 atom stereocenters. The van der Waals surface area contributed by atoms with Gasteiger partial charge in [0.05, 0.1) is 13.2 Å². The zero-order valence-corrected chi connectivity index (χ0v) is 23.6. The van der Waals surface area contributed by atoms with Gasteiger partial charge in [-0.2, -0.15) is 0 Å². The maximum absolute atomic E-state index is 11.6. The van der Waals surface area contributed by atoms with E-state index in [-0.39, 0.29) is 0 Å². The molecular formula is C27H47N3O6. The van der Waals surface area contributed by atoms with Crippen molar-refractivity contribution in [1.82, 2.24) is 10.6 Å². The Hall–Kier alpha value is -3.28. The van der Waals surface area contributed by atoms with Crippen molar-refractivity contribution in [3.8, 4) is 23.8 Å². The Balaban J connectivity index is 0. The molecule has 0 fully saturated rings. The molecule has 0 saturated heterocycles. The van der Waals surface area contributed by atoms with Crippen LogP contribution >= 0.6 is 0 Å². The topological polar surface area (TPSA) is 121 Å². The number of ether oxygens (including phenoxy) is 4. The third-order valence-electron chi connectivity index (χ3n) is 3.46. The van der Waals surface area contributed by atoms with Gasteiger partial charge in [0, 0.05) is 24.8 Å². The van der Waals surface area contributed by atoms with Gasteiger partial charge in [0.2, 0.25) is 0 Å². The monoisotopic (exact) mass is 509 g/mol. The van der Waals surface area contributed by atoms with Gasteiger partial charge in [-0.25, -0.2) is 9.59 Å². The van der Waals surface area contributed by atoms with E-state index in [1.165, 1.54) is 0 Å². The van der Waals surface area contributed by atoms with Gasteiger partial charge >= 0.3 is 12.2 Å². The first kappa shape index (κ1) is 34.9. The van der Waals surface area contributed by atoms with Gasteiger partial charge in [0.15, 0.2) is 11.5 Å². The third-order valence-corrected chi connectivity index (χ3v) is 3.46. The Morgan fingerprint density at radius 2 is 1.25 bits per heavy atom. The SMILES string of the molecule is C#CC.CC.CC(C)(C)OC(=O)NCCCOc1ccc(N)cc1OCCCNC(=O)OC(C)(C)C. The first-order valence-corrected chi connectivity index (χ1v) is 12.2. The van der Waals surface area contributed by atoms with Crippen LogP contribution in [-0.2, 0) is 9.47 Å². The number of anilines is 1. The maximum atomic E-state index is 11.6. The van der Waals surface area contributed by atoms with Gasteiger partial charge < -0.3 is 35.3 Å². The second-order valence-corrected chi connectivity index (χ2v) is 9.26. The van der Waals surface area contributed by atoms with Crippen LogP contribution in [0.3, 0.4) is 0 Å². The number of alkyl carbamates (subject to hydrolysis) is 2. The summed E-state index contributed by atoms with van der Waals surface area (Å²) in [6, 6.07) is 5.16. The summed E-state index contributed by atoms with van der Waals surface area (Å²) in [5, 5.41) is 5.36. The van der Waals surface area contributed by atoms with Crippen LogP contribution in [0.25, 0.3) is 0 Å². The molecule has 0 saturated carbocycles. The van der Waals surface area contributed by atoms with E-state index in [1.54, 1.807) is 25.1 Å². The fraction of sp³-hybridized carbons (Fsp3) is 0.630. The first-order valence-electron chi connectivity index (χ1n) is 12.2. The summed E-state index contributed by atoms with van der Waals surface area (Å²) < 4.78 is 21.9. The lowest BCUT2D eigenvalue weighted by Gasteiger charge is -2.20. The van der Waals surface area contributed by atoms with E-state index in [4.69, 9.17) is 24.7 Å². The number of hydrogen-bond donors (Lipinski definition) is 3. The smallest absolute Gasteiger partial charge is 0.407 e. The Morgan fingerprint density at radius 1 is 0.861 bits per heavy atom. The average Bonchev–Trinajstić information content (AvgIpc) is 2.74.